The smallest absolute Gasteiger partial charge is 0.253 e. The summed E-state index contributed by atoms with van der Waals surface area (Å²) < 4.78 is 0. The Kier molecular flexibility index (Phi) is 9.51. The monoisotopic (exact) mass is 433 g/mol. The Morgan fingerprint density at radius 2 is 1.72 bits per heavy atom. The molecule has 2 rings (SSSR count). The van der Waals surface area contributed by atoms with Crippen LogP contribution in [0.25, 0.3) is 0 Å². The molecule has 7 heteroatoms. The number of halogens is 1. The van der Waals surface area contributed by atoms with Gasteiger partial charge >= 0.3 is 0 Å². The summed E-state index contributed by atoms with van der Waals surface area (Å²) in [7, 11) is 3.96. The SMILES string of the molecule is CSCCC(NC(=O)c1ccccc1Cl)C(=O)NCC(c1ccccc1)N(C)C. The Morgan fingerprint density at radius 3 is 2.34 bits per heavy atom. The first-order chi connectivity index (χ1) is 13.9. The van der Waals surface area contributed by atoms with E-state index in [9.17, 15) is 9.59 Å². The van der Waals surface area contributed by atoms with E-state index in [4.69, 9.17) is 11.6 Å². The molecule has 0 radical (unpaired) electrons. The van der Waals surface area contributed by atoms with Crippen molar-refractivity contribution >= 4 is 35.2 Å². The number of hydrogen-bond acceptors (Lipinski definition) is 4. The lowest BCUT2D eigenvalue weighted by molar-refractivity contribution is -0.123. The van der Waals surface area contributed by atoms with Crippen molar-refractivity contribution in [3.05, 3.63) is 70.7 Å². The number of hydrogen-bond donors (Lipinski definition) is 2. The zero-order valence-corrected chi connectivity index (χ0v) is 18.6. The van der Waals surface area contributed by atoms with Crippen LogP contribution < -0.4 is 10.6 Å². The van der Waals surface area contributed by atoms with Crippen molar-refractivity contribution < 1.29 is 9.59 Å². The van der Waals surface area contributed by atoms with Gasteiger partial charge in [0.2, 0.25) is 5.91 Å². The largest absolute Gasteiger partial charge is 0.352 e. The van der Waals surface area contributed by atoms with Crippen LogP contribution in [0.2, 0.25) is 5.02 Å². The lowest BCUT2D eigenvalue weighted by Gasteiger charge is -2.26. The normalized spacial score (nSPS) is 13.0. The van der Waals surface area contributed by atoms with Crippen molar-refractivity contribution in [3.63, 3.8) is 0 Å². The van der Waals surface area contributed by atoms with Crippen molar-refractivity contribution in [2.75, 3.05) is 32.6 Å². The Bertz CT molecular complexity index is 802. The molecule has 2 atom stereocenters. The van der Waals surface area contributed by atoms with Gasteiger partial charge in [0, 0.05) is 6.54 Å². The molecule has 5 nitrogen and oxygen atoms in total. The Balaban J connectivity index is 2.06. The van der Waals surface area contributed by atoms with Gasteiger partial charge in [-0.05, 0) is 50.2 Å². The molecule has 2 unspecified atom stereocenters. The minimum Gasteiger partial charge on any atom is -0.352 e. The number of carbonyl (C=O) groups excluding carboxylic acids is 2. The molecular formula is C22H28ClN3O2S. The summed E-state index contributed by atoms with van der Waals surface area (Å²) >= 11 is 7.75. The molecule has 0 fully saturated rings. The van der Waals surface area contributed by atoms with E-state index in [-0.39, 0.29) is 17.9 Å². The number of thioether (sulfide) groups is 1. The highest BCUT2D eigenvalue weighted by atomic mass is 35.5. The van der Waals surface area contributed by atoms with Crippen molar-refractivity contribution in [1.29, 1.82) is 0 Å². The van der Waals surface area contributed by atoms with E-state index in [1.165, 1.54) is 0 Å². The molecule has 29 heavy (non-hydrogen) atoms. The molecule has 0 spiro atoms. The summed E-state index contributed by atoms with van der Waals surface area (Å²) in [5, 5.41) is 6.21. The Labute approximate surface area is 182 Å². The first kappa shape index (κ1) is 23.3. The molecule has 2 aromatic rings. The summed E-state index contributed by atoms with van der Waals surface area (Å²) in [6.07, 6.45) is 2.52. The van der Waals surface area contributed by atoms with Gasteiger partial charge in [0.15, 0.2) is 0 Å². The second-order valence-electron chi connectivity index (χ2n) is 6.92. The second kappa shape index (κ2) is 11.9. The number of rotatable bonds is 10. The third-order valence-electron chi connectivity index (χ3n) is 4.63. The van der Waals surface area contributed by atoms with Crippen LogP contribution in [-0.2, 0) is 4.79 Å². The van der Waals surface area contributed by atoms with Gasteiger partial charge in [-0.3, -0.25) is 9.59 Å². The van der Waals surface area contributed by atoms with Crippen molar-refractivity contribution in [2.45, 2.75) is 18.5 Å². The van der Waals surface area contributed by atoms with Gasteiger partial charge in [-0.1, -0.05) is 54.1 Å². The van der Waals surface area contributed by atoms with Crippen LogP contribution in [-0.4, -0.2) is 55.4 Å². The summed E-state index contributed by atoms with van der Waals surface area (Å²) in [4.78, 5) is 27.6. The number of benzene rings is 2. The molecule has 0 bridgehead atoms. The molecule has 2 amide bonds. The van der Waals surface area contributed by atoms with Crippen LogP contribution in [0.1, 0.15) is 28.4 Å². The number of carbonyl (C=O) groups is 2. The maximum absolute atomic E-state index is 12.9. The number of nitrogens with one attached hydrogen (secondary N) is 2. The lowest BCUT2D eigenvalue weighted by atomic mass is 10.1. The molecule has 0 aliphatic rings. The van der Waals surface area contributed by atoms with Gasteiger partial charge in [-0.15, -0.1) is 0 Å². The van der Waals surface area contributed by atoms with Crippen LogP contribution in [0.15, 0.2) is 54.6 Å². The molecule has 2 aromatic carbocycles. The molecule has 0 aliphatic carbocycles. The molecule has 2 N–H and O–H groups in total. The van der Waals surface area contributed by atoms with Gasteiger partial charge < -0.3 is 15.5 Å². The van der Waals surface area contributed by atoms with E-state index < -0.39 is 6.04 Å². The van der Waals surface area contributed by atoms with Crippen LogP contribution in [0.4, 0.5) is 0 Å². The van der Waals surface area contributed by atoms with E-state index in [0.717, 1.165) is 11.3 Å². The van der Waals surface area contributed by atoms with E-state index in [1.54, 1.807) is 36.0 Å². The fraction of sp³-hybridized carbons (Fsp3) is 0.364. The van der Waals surface area contributed by atoms with Crippen LogP contribution in [0.3, 0.4) is 0 Å². The van der Waals surface area contributed by atoms with Gasteiger partial charge in [0.25, 0.3) is 5.91 Å². The number of likely N-dealkylation sites (N-methyl/N-ethyl adjacent to an activating group) is 1. The first-order valence-corrected chi connectivity index (χ1v) is 11.2. The molecule has 0 saturated carbocycles. The zero-order chi connectivity index (χ0) is 21.2. The van der Waals surface area contributed by atoms with E-state index in [2.05, 4.69) is 15.5 Å². The Morgan fingerprint density at radius 1 is 1.07 bits per heavy atom. The van der Waals surface area contributed by atoms with E-state index in [1.807, 2.05) is 50.7 Å². The van der Waals surface area contributed by atoms with Gasteiger partial charge in [0.1, 0.15) is 6.04 Å². The zero-order valence-electron chi connectivity index (χ0n) is 17.0. The molecule has 0 aliphatic heterocycles. The summed E-state index contributed by atoms with van der Waals surface area (Å²) in [5.41, 5.74) is 1.49. The fourth-order valence-electron chi connectivity index (χ4n) is 2.98. The maximum atomic E-state index is 12.9. The van der Waals surface area contributed by atoms with E-state index in [0.29, 0.717) is 23.6 Å². The summed E-state index contributed by atoms with van der Waals surface area (Å²) in [5.74, 6) is 0.225. The van der Waals surface area contributed by atoms with Gasteiger partial charge in [-0.2, -0.15) is 11.8 Å². The minimum absolute atomic E-state index is 0.0422. The third kappa shape index (κ3) is 7.07. The standard InChI is InChI=1S/C22H28ClN3O2S/c1-26(2)20(16-9-5-4-6-10-16)15-24-22(28)19(13-14-29-3)25-21(27)17-11-7-8-12-18(17)23/h4-12,19-20H,13-15H2,1-3H3,(H,24,28)(H,25,27). The maximum Gasteiger partial charge on any atom is 0.253 e. The Hall–Kier alpha value is -2.02. The first-order valence-electron chi connectivity index (χ1n) is 9.47. The van der Waals surface area contributed by atoms with Crippen molar-refractivity contribution in [1.82, 2.24) is 15.5 Å². The molecule has 0 aromatic heterocycles. The van der Waals surface area contributed by atoms with Crippen LogP contribution >= 0.6 is 23.4 Å². The highest BCUT2D eigenvalue weighted by Gasteiger charge is 2.23. The average Bonchev–Trinajstić information content (AvgIpc) is 2.71. The molecule has 156 valence electrons. The minimum atomic E-state index is -0.621. The van der Waals surface area contributed by atoms with Crippen LogP contribution in [0.5, 0.6) is 0 Å². The number of nitrogens with zero attached hydrogens (tertiary/aromatic N) is 1. The van der Waals surface area contributed by atoms with E-state index >= 15 is 0 Å². The lowest BCUT2D eigenvalue weighted by Crippen LogP contribution is -2.48. The van der Waals surface area contributed by atoms with Crippen molar-refractivity contribution in [3.8, 4) is 0 Å². The molecule has 0 saturated heterocycles. The van der Waals surface area contributed by atoms with Gasteiger partial charge in [0.05, 0.1) is 16.6 Å². The quantitative estimate of drug-likeness (QED) is 0.600. The summed E-state index contributed by atoms with van der Waals surface area (Å²) in [6.45, 7) is 0.452. The van der Waals surface area contributed by atoms with Crippen molar-refractivity contribution in [2.24, 2.45) is 0 Å². The molecular weight excluding hydrogens is 406 g/mol. The highest BCUT2D eigenvalue weighted by Crippen LogP contribution is 2.17. The number of amides is 2. The predicted molar refractivity (Wildman–Crippen MR) is 122 cm³/mol. The second-order valence-corrected chi connectivity index (χ2v) is 8.32. The summed E-state index contributed by atoms with van der Waals surface area (Å²) in [6, 6.07) is 16.3. The predicted octanol–water partition coefficient (Wildman–Crippen LogP) is 3.61. The molecule has 0 heterocycles. The fourth-order valence-corrected chi connectivity index (χ4v) is 3.67. The third-order valence-corrected chi connectivity index (χ3v) is 5.60. The van der Waals surface area contributed by atoms with Crippen LogP contribution in [0, 0.1) is 0 Å². The topological polar surface area (TPSA) is 61.4 Å². The average molecular weight is 434 g/mol. The van der Waals surface area contributed by atoms with Gasteiger partial charge in [-0.25, -0.2) is 0 Å². The highest BCUT2D eigenvalue weighted by molar-refractivity contribution is 7.98.